The van der Waals surface area contributed by atoms with Crippen LogP contribution in [-0.4, -0.2) is 29.7 Å². The maximum Gasteiger partial charge on any atom is 0.446 e. The SMILES string of the molecule is CC(C)[C@@H](NC(=O)C1CC(=O)NC(N)N1)c1ccc(SC(F)(F)F)c(F)c1. The Hall–Kier alpha value is -1.85. The van der Waals surface area contributed by atoms with Gasteiger partial charge < -0.3 is 10.6 Å². The van der Waals surface area contributed by atoms with E-state index >= 15 is 0 Å². The molecule has 1 aromatic carbocycles. The van der Waals surface area contributed by atoms with Gasteiger partial charge in [-0.05, 0) is 35.4 Å². The highest BCUT2D eigenvalue weighted by Crippen LogP contribution is 2.39. The molecule has 2 amide bonds. The van der Waals surface area contributed by atoms with Crippen molar-refractivity contribution in [2.45, 2.75) is 49.0 Å². The molecule has 3 atom stereocenters. The van der Waals surface area contributed by atoms with E-state index < -0.39 is 52.3 Å². The predicted octanol–water partition coefficient (Wildman–Crippen LogP) is 1.97. The van der Waals surface area contributed by atoms with Gasteiger partial charge in [-0.3, -0.25) is 20.6 Å². The van der Waals surface area contributed by atoms with Crippen LogP contribution in [0.3, 0.4) is 0 Å². The smallest absolute Gasteiger partial charge is 0.348 e. The van der Waals surface area contributed by atoms with Gasteiger partial charge >= 0.3 is 5.51 Å². The Balaban J connectivity index is 2.16. The van der Waals surface area contributed by atoms with Crippen molar-refractivity contribution < 1.29 is 27.2 Å². The van der Waals surface area contributed by atoms with Crippen molar-refractivity contribution in [2.75, 3.05) is 0 Å². The summed E-state index contributed by atoms with van der Waals surface area (Å²) in [6.45, 7) is 3.54. The van der Waals surface area contributed by atoms with Gasteiger partial charge in [0.05, 0.1) is 23.4 Å². The second-order valence-corrected chi connectivity index (χ2v) is 7.54. The standard InChI is InChI=1S/C16H20F4N4O2S/c1-7(2)13(24-14(26)10-6-12(25)23-15(21)22-10)8-3-4-11(9(17)5-8)27-16(18,19)20/h3-5,7,10,13,15,22H,6,21H2,1-2H3,(H,23,25)(H,24,26)/t10?,13-,15?/m1/s1. The van der Waals surface area contributed by atoms with Crippen LogP contribution in [0.2, 0.25) is 0 Å². The molecule has 0 radical (unpaired) electrons. The molecule has 0 bridgehead atoms. The first-order chi connectivity index (χ1) is 12.5. The zero-order valence-corrected chi connectivity index (χ0v) is 15.4. The number of nitrogens with one attached hydrogen (secondary N) is 3. The Morgan fingerprint density at radius 2 is 2.04 bits per heavy atom. The van der Waals surface area contributed by atoms with Gasteiger partial charge in [0.1, 0.15) is 12.1 Å². The number of hydrogen-bond acceptors (Lipinski definition) is 5. The third-order valence-corrected chi connectivity index (χ3v) is 4.69. The zero-order valence-electron chi connectivity index (χ0n) is 14.6. The lowest BCUT2D eigenvalue weighted by Crippen LogP contribution is -2.64. The molecule has 27 heavy (non-hydrogen) atoms. The van der Waals surface area contributed by atoms with E-state index in [1.165, 1.54) is 6.07 Å². The van der Waals surface area contributed by atoms with Gasteiger partial charge in [0.15, 0.2) is 0 Å². The van der Waals surface area contributed by atoms with E-state index in [0.29, 0.717) is 5.56 Å². The number of carbonyl (C=O) groups excluding carboxylic acids is 2. The van der Waals surface area contributed by atoms with Crippen LogP contribution in [0.5, 0.6) is 0 Å². The molecule has 0 saturated carbocycles. The van der Waals surface area contributed by atoms with Crippen molar-refractivity contribution in [1.29, 1.82) is 0 Å². The second kappa shape index (κ2) is 8.44. The van der Waals surface area contributed by atoms with Crippen molar-refractivity contribution in [3.8, 4) is 0 Å². The Labute approximate surface area is 157 Å². The highest BCUT2D eigenvalue weighted by Gasteiger charge is 2.33. The van der Waals surface area contributed by atoms with E-state index in [0.717, 1.165) is 12.1 Å². The lowest BCUT2D eigenvalue weighted by molar-refractivity contribution is -0.132. The van der Waals surface area contributed by atoms with Crippen LogP contribution in [0.25, 0.3) is 0 Å². The largest absolute Gasteiger partial charge is 0.446 e. The number of nitrogens with two attached hydrogens (primary N) is 1. The van der Waals surface area contributed by atoms with E-state index in [1.807, 2.05) is 0 Å². The lowest BCUT2D eigenvalue weighted by atomic mass is 9.95. The van der Waals surface area contributed by atoms with Crippen LogP contribution >= 0.6 is 11.8 Å². The van der Waals surface area contributed by atoms with Gasteiger partial charge in [-0.1, -0.05) is 19.9 Å². The fraction of sp³-hybridized carbons (Fsp3) is 0.500. The molecule has 0 aromatic heterocycles. The van der Waals surface area contributed by atoms with Crippen LogP contribution in [0.15, 0.2) is 23.1 Å². The summed E-state index contributed by atoms with van der Waals surface area (Å²) >= 11 is -0.537. The molecule has 6 nitrogen and oxygen atoms in total. The Morgan fingerprint density at radius 3 is 2.56 bits per heavy atom. The summed E-state index contributed by atoms with van der Waals surface area (Å²) in [4.78, 5) is 23.4. The van der Waals surface area contributed by atoms with Crippen LogP contribution < -0.4 is 21.7 Å². The number of hydrogen-bond donors (Lipinski definition) is 4. The Kier molecular flexibility index (Phi) is 6.71. The number of thioether (sulfide) groups is 1. The van der Waals surface area contributed by atoms with Gasteiger partial charge in [-0.25, -0.2) is 4.39 Å². The molecule has 2 unspecified atom stereocenters. The second-order valence-electron chi connectivity index (χ2n) is 6.44. The maximum atomic E-state index is 14.1. The third-order valence-electron chi connectivity index (χ3n) is 3.91. The number of halogens is 4. The highest BCUT2D eigenvalue weighted by atomic mass is 32.2. The number of rotatable bonds is 5. The van der Waals surface area contributed by atoms with E-state index in [-0.39, 0.29) is 18.2 Å². The number of benzene rings is 1. The predicted molar refractivity (Wildman–Crippen MR) is 91.7 cm³/mol. The molecule has 1 aliphatic rings. The van der Waals surface area contributed by atoms with Crippen LogP contribution in [0, 0.1) is 11.7 Å². The van der Waals surface area contributed by atoms with Gasteiger partial charge in [-0.2, -0.15) is 13.2 Å². The number of carbonyl (C=O) groups is 2. The zero-order chi connectivity index (χ0) is 20.4. The Morgan fingerprint density at radius 1 is 1.37 bits per heavy atom. The molecule has 1 fully saturated rings. The molecule has 5 N–H and O–H groups in total. The first-order valence-corrected chi connectivity index (χ1v) is 8.94. The van der Waals surface area contributed by atoms with E-state index in [9.17, 15) is 27.2 Å². The lowest BCUT2D eigenvalue weighted by Gasteiger charge is -2.31. The fourth-order valence-electron chi connectivity index (χ4n) is 2.71. The molecule has 11 heteroatoms. The van der Waals surface area contributed by atoms with E-state index in [2.05, 4.69) is 16.0 Å². The van der Waals surface area contributed by atoms with Crippen molar-refractivity contribution in [3.05, 3.63) is 29.6 Å². The summed E-state index contributed by atoms with van der Waals surface area (Å²) in [5.74, 6) is -2.09. The quantitative estimate of drug-likeness (QED) is 0.441. The summed E-state index contributed by atoms with van der Waals surface area (Å²) < 4.78 is 51.4. The highest BCUT2D eigenvalue weighted by molar-refractivity contribution is 8.00. The third kappa shape index (κ3) is 6.08. The molecular formula is C16H20F4N4O2S. The van der Waals surface area contributed by atoms with Crippen molar-refractivity contribution in [2.24, 2.45) is 11.7 Å². The molecule has 0 spiro atoms. The molecular weight excluding hydrogens is 388 g/mol. The van der Waals surface area contributed by atoms with E-state index in [1.54, 1.807) is 13.8 Å². The molecule has 0 aliphatic carbocycles. The van der Waals surface area contributed by atoms with Crippen LogP contribution in [0.4, 0.5) is 17.6 Å². The minimum absolute atomic E-state index is 0.111. The normalized spacial score (nSPS) is 21.7. The summed E-state index contributed by atoms with van der Waals surface area (Å²) in [6.07, 6.45) is -0.976. The first-order valence-electron chi connectivity index (χ1n) is 8.13. The first kappa shape index (κ1) is 21.5. The average molecular weight is 408 g/mol. The summed E-state index contributed by atoms with van der Waals surface area (Å²) in [5.41, 5.74) is 1.30. The molecule has 2 rings (SSSR count). The van der Waals surface area contributed by atoms with Crippen LogP contribution in [-0.2, 0) is 9.59 Å². The van der Waals surface area contributed by atoms with Crippen LogP contribution in [0.1, 0.15) is 31.9 Å². The monoisotopic (exact) mass is 408 g/mol. The van der Waals surface area contributed by atoms with Gasteiger partial charge in [-0.15, -0.1) is 0 Å². The summed E-state index contributed by atoms with van der Waals surface area (Å²) in [7, 11) is 0. The Bertz CT molecular complexity index is 714. The van der Waals surface area contributed by atoms with Crippen molar-refractivity contribution in [3.63, 3.8) is 0 Å². The van der Waals surface area contributed by atoms with Crippen molar-refractivity contribution >= 4 is 23.6 Å². The average Bonchev–Trinajstić information content (AvgIpc) is 2.52. The topological polar surface area (TPSA) is 96.2 Å². The molecule has 1 aliphatic heterocycles. The number of amides is 2. The van der Waals surface area contributed by atoms with Gasteiger partial charge in [0.25, 0.3) is 0 Å². The molecule has 1 aromatic rings. The minimum atomic E-state index is -4.60. The van der Waals surface area contributed by atoms with Gasteiger partial charge in [0, 0.05) is 0 Å². The molecule has 1 saturated heterocycles. The maximum absolute atomic E-state index is 14.1. The molecule has 1 heterocycles. The summed E-state index contributed by atoms with van der Waals surface area (Å²) in [5, 5.41) is 7.83. The van der Waals surface area contributed by atoms with Gasteiger partial charge in [0.2, 0.25) is 11.8 Å². The minimum Gasteiger partial charge on any atom is -0.348 e. The van der Waals surface area contributed by atoms with E-state index in [4.69, 9.17) is 5.73 Å². The molecule has 150 valence electrons. The number of alkyl halides is 3. The summed E-state index contributed by atoms with van der Waals surface area (Å²) in [6, 6.07) is 1.84. The van der Waals surface area contributed by atoms with Crippen molar-refractivity contribution in [1.82, 2.24) is 16.0 Å². The fourth-order valence-corrected chi connectivity index (χ4v) is 3.25.